The summed E-state index contributed by atoms with van der Waals surface area (Å²) in [7, 11) is 0. The fourth-order valence-electron chi connectivity index (χ4n) is 1.45. The molecule has 0 aliphatic carbocycles. The summed E-state index contributed by atoms with van der Waals surface area (Å²) >= 11 is 5.98. The number of halogens is 1. The van der Waals surface area contributed by atoms with Gasteiger partial charge < -0.3 is 15.5 Å². The molecule has 0 aliphatic heterocycles. The summed E-state index contributed by atoms with van der Waals surface area (Å²) in [6.45, 7) is 0. The number of aromatic carboxylic acids is 1. The van der Waals surface area contributed by atoms with E-state index in [0.29, 0.717) is 16.4 Å². The van der Waals surface area contributed by atoms with Crippen molar-refractivity contribution in [2.24, 2.45) is 0 Å². The number of anilines is 2. The molecule has 0 atom stereocenters. The number of aromatic hydroxyl groups is 1. The van der Waals surface area contributed by atoms with E-state index >= 15 is 0 Å². The van der Waals surface area contributed by atoms with Crippen LogP contribution >= 0.6 is 11.6 Å². The Morgan fingerprint density at radius 2 is 1.78 bits per heavy atom. The van der Waals surface area contributed by atoms with Crippen LogP contribution in [0.15, 0.2) is 42.5 Å². The number of phenolic OH excluding ortho intramolecular Hbond substituents is 1. The molecule has 2 aromatic rings. The van der Waals surface area contributed by atoms with E-state index in [1.165, 1.54) is 30.3 Å². The van der Waals surface area contributed by atoms with Gasteiger partial charge in [0.1, 0.15) is 5.75 Å². The molecule has 2 rings (SSSR count). The molecular formula is C13H10ClNO3. The average molecular weight is 264 g/mol. The van der Waals surface area contributed by atoms with Crippen LogP contribution in [-0.4, -0.2) is 16.2 Å². The number of phenols is 1. The summed E-state index contributed by atoms with van der Waals surface area (Å²) in [6, 6.07) is 10.8. The van der Waals surface area contributed by atoms with Crippen LogP contribution in [0.3, 0.4) is 0 Å². The van der Waals surface area contributed by atoms with Crippen molar-refractivity contribution in [2.75, 3.05) is 5.32 Å². The fraction of sp³-hybridized carbons (Fsp3) is 0. The van der Waals surface area contributed by atoms with Gasteiger partial charge >= 0.3 is 5.97 Å². The predicted octanol–water partition coefficient (Wildman–Crippen LogP) is 3.49. The second kappa shape index (κ2) is 4.98. The largest absolute Gasteiger partial charge is 0.508 e. The van der Waals surface area contributed by atoms with Gasteiger partial charge in [-0.1, -0.05) is 11.6 Å². The van der Waals surface area contributed by atoms with Crippen LogP contribution in [0.25, 0.3) is 0 Å². The fourth-order valence-corrected chi connectivity index (χ4v) is 1.62. The van der Waals surface area contributed by atoms with E-state index < -0.39 is 5.97 Å². The van der Waals surface area contributed by atoms with Crippen molar-refractivity contribution in [3.05, 3.63) is 53.1 Å². The minimum Gasteiger partial charge on any atom is -0.508 e. The number of nitrogens with one attached hydrogen (secondary N) is 1. The highest BCUT2D eigenvalue weighted by atomic mass is 35.5. The topological polar surface area (TPSA) is 69.6 Å². The molecule has 0 aliphatic rings. The molecule has 0 spiro atoms. The van der Waals surface area contributed by atoms with Gasteiger partial charge in [-0.2, -0.15) is 0 Å². The maximum atomic E-state index is 10.9. The highest BCUT2D eigenvalue weighted by molar-refractivity contribution is 6.33. The second-order valence-electron chi connectivity index (χ2n) is 3.67. The molecule has 0 saturated heterocycles. The van der Waals surface area contributed by atoms with E-state index in [4.69, 9.17) is 21.8 Å². The van der Waals surface area contributed by atoms with E-state index in [2.05, 4.69) is 5.32 Å². The maximum Gasteiger partial charge on any atom is 0.335 e. The van der Waals surface area contributed by atoms with Crippen molar-refractivity contribution in [3.63, 3.8) is 0 Å². The van der Waals surface area contributed by atoms with Crippen molar-refractivity contribution in [2.45, 2.75) is 0 Å². The molecule has 0 bridgehead atoms. The Kier molecular flexibility index (Phi) is 3.39. The Bertz CT molecular complexity index is 581. The number of benzene rings is 2. The van der Waals surface area contributed by atoms with Gasteiger partial charge in [0, 0.05) is 5.69 Å². The zero-order valence-electron chi connectivity index (χ0n) is 9.22. The van der Waals surface area contributed by atoms with Crippen LogP contribution in [-0.2, 0) is 0 Å². The third-order valence-corrected chi connectivity index (χ3v) is 2.69. The van der Waals surface area contributed by atoms with E-state index in [1.807, 2.05) is 0 Å². The molecule has 92 valence electrons. The van der Waals surface area contributed by atoms with E-state index in [-0.39, 0.29) is 11.3 Å². The molecule has 4 nitrogen and oxygen atoms in total. The maximum absolute atomic E-state index is 10.9. The first-order valence-electron chi connectivity index (χ1n) is 5.15. The highest BCUT2D eigenvalue weighted by Gasteiger charge is 2.07. The minimum absolute atomic E-state index is 0.153. The van der Waals surface area contributed by atoms with E-state index in [9.17, 15) is 4.79 Å². The predicted molar refractivity (Wildman–Crippen MR) is 69.8 cm³/mol. The van der Waals surface area contributed by atoms with Gasteiger partial charge in [0.15, 0.2) is 0 Å². The Morgan fingerprint density at radius 3 is 2.39 bits per heavy atom. The van der Waals surface area contributed by atoms with Crippen LogP contribution in [0.2, 0.25) is 5.02 Å². The third-order valence-electron chi connectivity index (χ3n) is 2.36. The van der Waals surface area contributed by atoms with Gasteiger partial charge in [-0.3, -0.25) is 0 Å². The molecule has 0 unspecified atom stereocenters. The van der Waals surface area contributed by atoms with Crippen LogP contribution in [0.4, 0.5) is 11.4 Å². The first-order valence-corrected chi connectivity index (χ1v) is 5.53. The van der Waals surface area contributed by atoms with Crippen LogP contribution in [0.5, 0.6) is 5.75 Å². The monoisotopic (exact) mass is 263 g/mol. The lowest BCUT2D eigenvalue weighted by Gasteiger charge is -2.09. The minimum atomic E-state index is -1.01. The molecule has 18 heavy (non-hydrogen) atoms. The number of rotatable bonds is 3. The molecule has 0 radical (unpaired) electrons. The SMILES string of the molecule is O=C(O)c1ccc(Cl)c(Nc2ccc(O)cc2)c1. The smallest absolute Gasteiger partial charge is 0.335 e. The van der Waals surface area contributed by atoms with Crippen molar-refractivity contribution < 1.29 is 15.0 Å². The summed E-state index contributed by atoms with van der Waals surface area (Å²) in [4.78, 5) is 10.9. The third kappa shape index (κ3) is 2.73. The Balaban J connectivity index is 2.30. The molecule has 0 fully saturated rings. The highest BCUT2D eigenvalue weighted by Crippen LogP contribution is 2.27. The van der Waals surface area contributed by atoms with E-state index in [1.54, 1.807) is 12.1 Å². The number of carboxylic acid groups (broad SMARTS) is 1. The first-order chi connectivity index (χ1) is 8.56. The van der Waals surface area contributed by atoms with E-state index in [0.717, 1.165) is 0 Å². The number of hydrogen-bond donors (Lipinski definition) is 3. The summed E-state index contributed by atoms with van der Waals surface area (Å²) in [5.74, 6) is -0.855. The molecule has 0 heterocycles. The summed E-state index contributed by atoms with van der Waals surface area (Å²) < 4.78 is 0. The molecule has 3 N–H and O–H groups in total. The van der Waals surface area contributed by atoms with Crippen LogP contribution in [0.1, 0.15) is 10.4 Å². The molecule has 5 heteroatoms. The average Bonchev–Trinajstić information content (AvgIpc) is 2.34. The summed E-state index contributed by atoms with van der Waals surface area (Å²) in [6.07, 6.45) is 0. The zero-order chi connectivity index (χ0) is 13.1. The standard InChI is InChI=1S/C13H10ClNO3/c14-11-6-1-8(13(17)18)7-12(11)15-9-2-4-10(16)5-3-9/h1-7,15-16H,(H,17,18). The van der Waals surface area contributed by atoms with Gasteiger partial charge in [0.25, 0.3) is 0 Å². The number of carbonyl (C=O) groups is 1. The number of carboxylic acids is 1. The first kappa shape index (κ1) is 12.3. The van der Waals surface area contributed by atoms with Crippen LogP contribution in [0, 0.1) is 0 Å². The van der Waals surface area contributed by atoms with Gasteiger partial charge in [-0.15, -0.1) is 0 Å². The Hall–Kier alpha value is -2.20. The Morgan fingerprint density at radius 1 is 1.11 bits per heavy atom. The van der Waals surface area contributed by atoms with Crippen molar-refractivity contribution >= 4 is 28.9 Å². The molecular weight excluding hydrogens is 254 g/mol. The lowest BCUT2D eigenvalue weighted by atomic mass is 10.2. The van der Waals surface area contributed by atoms with Gasteiger partial charge in [-0.05, 0) is 42.5 Å². The van der Waals surface area contributed by atoms with Crippen molar-refractivity contribution in [1.29, 1.82) is 0 Å². The number of hydrogen-bond acceptors (Lipinski definition) is 3. The van der Waals surface area contributed by atoms with Crippen LogP contribution < -0.4 is 5.32 Å². The normalized spacial score (nSPS) is 10.1. The molecule has 0 saturated carbocycles. The van der Waals surface area contributed by atoms with Gasteiger partial charge in [0.05, 0.1) is 16.3 Å². The molecule has 2 aromatic carbocycles. The summed E-state index contributed by atoms with van der Waals surface area (Å²) in [5, 5.41) is 21.5. The van der Waals surface area contributed by atoms with Gasteiger partial charge in [-0.25, -0.2) is 4.79 Å². The second-order valence-corrected chi connectivity index (χ2v) is 4.08. The van der Waals surface area contributed by atoms with Crippen molar-refractivity contribution in [3.8, 4) is 5.75 Å². The zero-order valence-corrected chi connectivity index (χ0v) is 9.98. The van der Waals surface area contributed by atoms with Gasteiger partial charge in [0.2, 0.25) is 0 Å². The Labute approximate surface area is 108 Å². The summed E-state index contributed by atoms with van der Waals surface area (Å²) in [5.41, 5.74) is 1.36. The quantitative estimate of drug-likeness (QED) is 0.742. The lowest BCUT2D eigenvalue weighted by Crippen LogP contribution is -1.98. The lowest BCUT2D eigenvalue weighted by molar-refractivity contribution is 0.0697. The molecule has 0 aromatic heterocycles. The molecule has 0 amide bonds. The van der Waals surface area contributed by atoms with Crippen molar-refractivity contribution in [1.82, 2.24) is 0 Å².